The van der Waals surface area contributed by atoms with Crippen LogP contribution in [-0.4, -0.2) is 9.55 Å². The average molecular weight is 194 g/mol. The van der Waals surface area contributed by atoms with Gasteiger partial charge < -0.3 is 4.57 Å². The summed E-state index contributed by atoms with van der Waals surface area (Å²) in [5, 5.41) is 0. The van der Waals surface area contributed by atoms with E-state index in [2.05, 4.69) is 50.4 Å². The second kappa shape index (κ2) is 4.16. The van der Waals surface area contributed by atoms with Crippen molar-refractivity contribution in [3.05, 3.63) is 18.2 Å². The summed E-state index contributed by atoms with van der Waals surface area (Å²) in [7, 11) is 0. The molecule has 0 aromatic carbocycles. The van der Waals surface area contributed by atoms with E-state index in [9.17, 15) is 0 Å². The van der Waals surface area contributed by atoms with Gasteiger partial charge in [0.15, 0.2) is 0 Å². The van der Waals surface area contributed by atoms with E-state index in [0.29, 0.717) is 6.04 Å². The predicted octanol–water partition coefficient (Wildman–Crippen LogP) is 3.54. The summed E-state index contributed by atoms with van der Waals surface area (Å²) in [4.78, 5) is 4.49. The molecule has 1 aromatic heterocycles. The summed E-state index contributed by atoms with van der Waals surface area (Å²) in [5.74, 6) is 0. The van der Waals surface area contributed by atoms with E-state index in [1.165, 1.54) is 5.69 Å². The normalized spacial score (nSPS) is 14.4. The molecule has 0 aliphatic rings. The third-order valence-electron chi connectivity index (χ3n) is 3.28. The van der Waals surface area contributed by atoms with E-state index in [1.54, 1.807) is 0 Å². The van der Waals surface area contributed by atoms with Gasteiger partial charge in [-0.3, -0.25) is 0 Å². The number of imidazole rings is 1. The second-order valence-corrected chi connectivity index (χ2v) is 4.70. The van der Waals surface area contributed by atoms with Crippen LogP contribution in [0.5, 0.6) is 0 Å². The molecule has 1 unspecified atom stereocenters. The summed E-state index contributed by atoms with van der Waals surface area (Å²) in [5.41, 5.74) is 1.42. The molecule has 0 saturated carbocycles. The third-order valence-corrected chi connectivity index (χ3v) is 3.28. The number of hydrogen-bond acceptors (Lipinski definition) is 1. The molecular formula is C12H22N2. The van der Waals surface area contributed by atoms with Crippen molar-refractivity contribution in [3.8, 4) is 0 Å². The Hall–Kier alpha value is -0.790. The molecule has 0 amide bonds. The Morgan fingerprint density at radius 3 is 2.57 bits per heavy atom. The standard InChI is InChI=1S/C12H22N2/c1-6-10(3)14-8-11(13-9-14)12(4,5)7-2/h8-10H,6-7H2,1-5H3. The zero-order chi connectivity index (χ0) is 10.8. The minimum absolute atomic E-state index is 0.207. The van der Waals surface area contributed by atoms with Gasteiger partial charge in [-0.15, -0.1) is 0 Å². The molecule has 1 atom stereocenters. The van der Waals surface area contributed by atoms with Gasteiger partial charge >= 0.3 is 0 Å². The minimum Gasteiger partial charge on any atom is -0.334 e. The van der Waals surface area contributed by atoms with Crippen molar-refractivity contribution in [1.82, 2.24) is 9.55 Å². The molecule has 1 rings (SSSR count). The molecule has 0 spiro atoms. The quantitative estimate of drug-likeness (QED) is 0.717. The van der Waals surface area contributed by atoms with Crippen LogP contribution in [-0.2, 0) is 5.41 Å². The maximum absolute atomic E-state index is 4.49. The molecule has 2 nitrogen and oxygen atoms in total. The number of aromatic nitrogens is 2. The van der Waals surface area contributed by atoms with Crippen molar-refractivity contribution in [2.75, 3.05) is 0 Å². The predicted molar refractivity (Wildman–Crippen MR) is 60.5 cm³/mol. The van der Waals surface area contributed by atoms with E-state index >= 15 is 0 Å². The lowest BCUT2D eigenvalue weighted by Crippen LogP contribution is -2.15. The highest BCUT2D eigenvalue weighted by atomic mass is 15.1. The van der Waals surface area contributed by atoms with E-state index in [-0.39, 0.29) is 5.41 Å². The summed E-state index contributed by atoms with van der Waals surface area (Å²) >= 11 is 0. The fourth-order valence-electron chi connectivity index (χ4n) is 1.32. The molecule has 0 bridgehead atoms. The molecule has 0 radical (unpaired) electrons. The minimum atomic E-state index is 0.207. The van der Waals surface area contributed by atoms with Crippen molar-refractivity contribution < 1.29 is 0 Å². The van der Waals surface area contributed by atoms with Crippen molar-refractivity contribution >= 4 is 0 Å². The largest absolute Gasteiger partial charge is 0.334 e. The van der Waals surface area contributed by atoms with Crippen molar-refractivity contribution in [3.63, 3.8) is 0 Å². The molecule has 14 heavy (non-hydrogen) atoms. The molecule has 1 aromatic rings. The first kappa shape index (κ1) is 11.3. The van der Waals surface area contributed by atoms with Gasteiger partial charge in [-0.2, -0.15) is 0 Å². The highest BCUT2D eigenvalue weighted by molar-refractivity contribution is 5.10. The second-order valence-electron chi connectivity index (χ2n) is 4.70. The van der Waals surface area contributed by atoms with Gasteiger partial charge in [0.2, 0.25) is 0 Å². The van der Waals surface area contributed by atoms with Crippen LogP contribution in [0.1, 0.15) is 59.2 Å². The van der Waals surface area contributed by atoms with Crippen LogP contribution < -0.4 is 0 Å². The Balaban J connectivity index is 2.88. The maximum Gasteiger partial charge on any atom is 0.0952 e. The van der Waals surface area contributed by atoms with Gasteiger partial charge in [0.25, 0.3) is 0 Å². The van der Waals surface area contributed by atoms with Gasteiger partial charge in [-0.25, -0.2) is 4.98 Å². The van der Waals surface area contributed by atoms with Crippen LogP contribution in [0.25, 0.3) is 0 Å². The van der Waals surface area contributed by atoms with Crippen molar-refractivity contribution in [2.45, 2.75) is 58.9 Å². The van der Waals surface area contributed by atoms with Crippen LogP contribution in [0.2, 0.25) is 0 Å². The van der Waals surface area contributed by atoms with Gasteiger partial charge in [-0.05, 0) is 19.8 Å². The van der Waals surface area contributed by atoms with Crippen LogP contribution in [0.15, 0.2) is 12.5 Å². The lowest BCUT2D eigenvalue weighted by Gasteiger charge is -2.19. The number of hydrogen-bond donors (Lipinski definition) is 0. The Morgan fingerprint density at radius 2 is 2.07 bits per heavy atom. The SMILES string of the molecule is CCC(C)n1cnc(C(C)(C)CC)c1. The summed E-state index contributed by atoms with van der Waals surface area (Å²) in [6, 6.07) is 0.559. The van der Waals surface area contributed by atoms with Crippen molar-refractivity contribution in [2.24, 2.45) is 0 Å². The topological polar surface area (TPSA) is 17.8 Å². The van der Waals surface area contributed by atoms with E-state index in [0.717, 1.165) is 12.8 Å². The summed E-state index contributed by atoms with van der Waals surface area (Å²) in [6.45, 7) is 11.1. The molecular weight excluding hydrogens is 172 g/mol. The number of nitrogens with zero attached hydrogens (tertiary/aromatic N) is 2. The summed E-state index contributed by atoms with van der Waals surface area (Å²) < 4.78 is 2.22. The van der Waals surface area contributed by atoms with Gasteiger partial charge in [-0.1, -0.05) is 27.7 Å². The van der Waals surface area contributed by atoms with Crippen LogP contribution in [0, 0.1) is 0 Å². The lowest BCUT2D eigenvalue weighted by atomic mass is 9.87. The maximum atomic E-state index is 4.49. The lowest BCUT2D eigenvalue weighted by molar-refractivity contribution is 0.487. The highest BCUT2D eigenvalue weighted by Gasteiger charge is 2.21. The zero-order valence-corrected chi connectivity index (χ0v) is 10.0. The fourth-order valence-corrected chi connectivity index (χ4v) is 1.32. The molecule has 0 aliphatic carbocycles. The van der Waals surface area contributed by atoms with Gasteiger partial charge in [0.1, 0.15) is 0 Å². The van der Waals surface area contributed by atoms with E-state index < -0.39 is 0 Å². The van der Waals surface area contributed by atoms with Crippen LogP contribution in [0.4, 0.5) is 0 Å². The smallest absolute Gasteiger partial charge is 0.0952 e. The Morgan fingerprint density at radius 1 is 1.43 bits per heavy atom. The molecule has 0 saturated heterocycles. The van der Waals surface area contributed by atoms with E-state index in [1.807, 2.05) is 6.33 Å². The van der Waals surface area contributed by atoms with Gasteiger partial charge in [0, 0.05) is 17.7 Å². The zero-order valence-electron chi connectivity index (χ0n) is 10.0. The van der Waals surface area contributed by atoms with Crippen LogP contribution >= 0.6 is 0 Å². The molecule has 0 N–H and O–H groups in total. The van der Waals surface area contributed by atoms with Crippen LogP contribution in [0.3, 0.4) is 0 Å². The Kier molecular flexibility index (Phi) is 3.35. The molecule has 1 heterocycles. The van der Waals surface area contributed by atoms with Crippen molar-refractivity contribution in [1.29, 1.82) is 0 Å². The van der Waals surface area contributed by atoms with Gasteiger partial charge in [0.05, 0.1) is 12.0 Å². The Labute approximate surface area is 87.4 Å². The first-order valence-electron chi connectivity index (χ1n) is 5.55. The monoisotopic (exact) mass is 194 g/mol. The fraction of sp³-hybridized carbons (Fsp3) is 0.750. The highest BCUT2D eigenvalue weighted by Crippen LogP contribution is 2.25. The molecule has 2 heteroatoms. The third kappa shape index (κ3) is 2.17. The first-order valence-corrected chi connectivity index (χ1v) is 5.55. The Bertz CT molecular complexity index is 286. The average Bonchev–Trinajstić information content (AvgIpc) is 2.66. The number of rotatable bonds is 4. The molecule has 80 valence electrons. The first-order chi connectivity index (χ1) is 6.51. The summed E-state index contributed by atoms with van der Waals surface area (Å²) in [6.07, 6.45) is 6.44. The molecule has 0 fully saturated rings. The molecule has 0 aliphatic heterocycles. The van der Waals surface area contributed by atoms with E-state index in [4.69, 9.17) is 0 Å².